The molecule has 2 unspecified atom stereocenters. The maximum absolute atomic E-state index is 10.4. The molecule has 1 aromatic heterocycles. The van der Waals surface area contributed by atoms with E-state index in [4.69, 9.17) is 14.9 Å². The summed E-state index contributed by atoms with van der Waals surface area (Å²) in [5.74, 6) is -1.44. The average Bonchev–Trinajstić information content (AvgIpc) is 2.64. The Balaban J connectivity index is 2.73. The third-order valence-corrected chi connectivity index (χ3v) is 2.78. The van der Waals surface area contributed by atoms with Crippen molar-refractivity contribution in [3.05, 3.63) is 21.9 Å². The highest BCUT2D eigenvalue weighted by molar-refractivity contribution is 7.10. The van der Waals surface area contributed by atoms with E-state index >= 15 is 0 Å². The number of methoxy groups -OCH3 is 1. The zero-order chi connectivity index (χ0) is 11.4. The van der Waals surface area contributed by atoms with Gasteiger partial charge in [0, 0.05) is 12.0 Å². The summed E-state index contributed by atoms with van der Waals surface area (Å²) in [7, 11) is 1.54. The standard InChI is InChI=1S/C9H12O5S/c1-14-3-6-2-5(4-15-6)7(10)8(11)9(12)13/h2,4,7-8,10-11H,3H2,1H3,(H,12,13). The van der Waals surface area contributed by atoms with Crippen molar-refractivity contribution in [2.75, 3.05) is 7.11 Å². The largest absolute Gasteiger partial charge is 0.479 e. The molecule has 84 valence electrons. The number of carbonyl (C=O) groups is 1. The van der Waals surface area contributed by atoms with Crippen LogP contribution >= 0.6 is 11.3 Å². The van der Waals surface area contributed by atoms with Crippen LogP contribution < -0.4 is 0 Å². The summed E-state index contributed by atoms with van der Waals surface area (Å²) >= 11 is 1.34. The molecule has 6 heteroatoms. The summed E-state index contributed by atoms with van der Waals surface area (Å²) < 4.78 is 4.88. The lowest BCUT2D eigenvalue weighted by atomic mass is 10.1. The van der Waals surface area contributed by atoms with E-state index in [0.29, 0.717) is 12.2 Å². The molecule has 5 nitrogen and oxygen atoms in total. The molecular weight excluding hydrogens is 220 g/mol. The quantitative estimate of drug-likeness (QED) is 0.683. The van der Waals surface area contributed by atoms with Gasteiger partial charge in [-0.3, -0.25) is 0 Å². The topological polar surface area (TPSA) is 87.0 Å². The number of hydrogen-bond acceptors (Lipinski definition) is 5. The summed E-state index contributed by atoms with van der Waals surface area (Å²) in [5.41, 5.74) is 0.391. The van der Waals surface area contributed by atoms with Crippen LogP contribution in [0.3, 0.4) is 0 Å². The first-order valence-electron chi connectivity index (χ1n) is 4.21. The molecule has 0 aliphatic heterocycles. The first kappa shape index (κ1) is 12.1. The number of aliphatic carboxylic acids is 1. The summed E-state index contributed by atoms with van der Waals surface area (Å²) in [5, 5.41) is 28.7. The number of aliphatic hydroxyl groups excluding tert-OH is 2. The fourth-order valence-electron chi connectivity index (χ4n) is 1.09. The van der Waals surface area contributed by atoms with Gasteiger partial charge in [-0.15, -0.1) is 11.3 Å². The van der Waals surface area contributed by atoms with Crippen LogP contribution in [-0.2, 0) is 16.1 Å². The minimum absolute atomic E-state index is 0.391. The number of ether oxygens (including phenoxy) is 1. The fourth-order valence-corrected chi connectivity index (χ4v) is 1.97. The van der Waals surface area contributed by atoms with E-state index in [1.54, 1.807) is 18.6 Å². The molecule has 0 radical (unpaired) electrons. The Labute approximate surface area is 90.6 Å². The van der Waals surface area contributed by atoms with Crippen molar-refractivity contribution >= 4 is 17.3 Å². The normalized spacial score (nSPS) is 14.9. The molecule has 0 saturated carbocycles. The SMILES string of the molecule is COCc1cc(C(O)C(O)C(=O)O)cs1. The van der Waals surface area contributed by atoms with Gasteiger partial charge >= 0.3 is 5.97 Å². The minimum atomic E-state index is -1.80. The average molecular weight is 232 g/mol. The molecule has 0 amide bonds. The number of aliphatic hydroxyl groups is 2. The summed E-state index contributed by atoms with van der Waals surface area (Å²) in [6.07, 6.45) is -3.20. The molecular formula is C9H12O5S. The lowest BCUT2D eigenvalue weighted by Gasteiger charge is -2.11. The molecule has 0 fully saturated rings. The van der Waals surface area contributed by atoms with Crippen LogP contribution in [-0.4, -0.2) is 34.5 Å². The molecule has 1 aromatic rings. The van der Waals surface area contributed by atoms with Gasteiger partial charge < -0.3 is 20.1 Å². The van der Waals surface area contributed by atoms with E-state index in [1.165, 1.54) is 11.3 Å². The summed E-state index contributed by atoms with van der Waals surface area (Å²) in [4.78, 5) is 11.3. The molecule has 2 atom stereocenters. The van der Waals surface area contributed by atoms with Crippen molar-refractivity contribution in [1.29, 1.82) is 0 Å². The van der Waals surface area contributed by atoms with Gasteiger partial charge in [-0.2, -0.15) is 0 Å². The summed E-state index contributed by atoms with van der Waals surface area (Å²) in [6.45, 7) is 0.403. The van der Waals surface area contributed by atoms with Gasteiger partial charge in [0.2, 0.25) is 0 Å². The molecule has 0 aromatic carbocycles. The van der Waals surface area contributed by atoms with Gasteiger partial charge in [-0.05, 0) is 17.0 Å². The Hall–Kier alpha value is -0.950. The van der Waals surface area contributed by atoms with Crippen molar-refractivity contribution in [2.45, 2.75) is 18.8 Å². The second-order valence-corrected chi connectivity index (χ2v) is 4.00. The molecule has 0 bridgehead atoms. The van der Waals surface area contributed by atoms with Crippen molar-refractivity contribution in [3.8, 4) is 0 Å². The molecule has 1 rings (SSSR count). The number of rotatable bonds is 5. The highest BCUT2D eigenvalue weighted by atomic mass is 32.1. The van der Waals surface area contributed by atoms with E-state index in [-0.39, 0.29) is 0 Å². The Morgan fingerprint density at radius 1 is 1.60 bits per heavy atom. The van der Waals surface area contributed by atoms with Gasteiger partial charge in [0.05, 0.1) is 6.61 Å². The van der Waals surface area contributed by atoms with Gasteiger partial charge in [-0.25, -0.2) is 4.79 Å². The van der Waals surface area contributed by atoms with Gasteiger partial charge in [0.25, 0.3) is 0 Å². The number of hydrogen-bond donors (Lipinski definition) is 3. The van der Waals surface area contributed by atoms with Crippen LogP contribution in [0.15, 0.2) is 11.4 Å². The molecule has 0 aliphatic carbocycles. The molecule has 0 spiro atoms. The van der Waals surface area contributed by atoms with Gasteiger partial charge in [-0.1, -0.05) is 0 Å². The first-order chi connectivity index (χ1) is 7.06. The number of thiophene rings is 1. The predicted molar refractivity (Wildman–Crippen MR) is 53.6 cm³/mol. The zero-order valence-corrected chi connectivity index (χ0v) is 8.90. The third kappa shape index (κ3) is 3.00. The molecule has 3 N–H and O–H groups in total. The van der Waals surface area contributed by atoms with Crippen LogP contribution in [0, 0.1) is 0 Å². The van der Waals surface area contributed by atoms with Crippen LogP contribution in [0.4, 0.5) is 0 Å². The molecule has 0 aliphatic rings. The van der Waals surface area contributed by atoms with Gasteiger partial charge in [0.1, 0.15) is 6.10 Å². The minimum Gasteiger partial charge on any atom is -0.479 e. The maximum Gasteiger partial charge on any atom is 0.335 e. The maximum atomic E-state index is 10.4. The first-order valence-corrected chi connectivity index (χ1v) is 5.09. The van der Waals surface area contributed by atoms with E-state index in [0.717, 1.165) is 4.88 Å². The second kappa shape index (κ2) is 5.22. The van der Waals surface area contributed by atoms with Crippen LogP contribution in [0.2, 0.25) is 0 Å². The Bertz CT molecular complexity index is 335. The highest BCUT2D eigenvalue weighted by Crippen LogP contribution is 2.24. The molecule has 0 saturated heterocycles. The van der Waals surface area contributed by atoms with E-state index in [2.05, 4.69) is 0 Å². The van der Waals surface area contributed by atoms with Crippen molar-refractivity contribution in [1.82, 2.24) is 0 Å². The number of carboxylic acid groups (broad SMARTS) is 1. The molecule has 1 heterocycles. The van der Waals surface area contributed by atoms with E-state index in [1.807, 2.05) is 0 Å². The molecule has 15 heavy (non-hydrogen) atoms. The van der Waals surface area contributed by atoms with Crippen molar-refractivity contribution < 1.29 is 24.9 Å². The fraction of sp³-hybridized carbons (Fsp3) is 0.444. The van der Waals surface area contributed by atoms with Crippen LogP contribution in [0.25, 0.3) is 0 Å². The lowest BCUT2D eigenvalue weighted by Crippen LogP contribution is -2.27. The Morgan fingerprint density at radius 3 is 2.80 bits per heavy atom. The van der Waals surface area contributed by atoms with Crippen LogP contribution in [0.1, 0.15) is 16.5 Å². The highest BCUT2D eigenvalue weighted by Gasteiger charge is 2.25. The predicted octanol–water partition coefficient (Wildman–Crippen LogP) is 0.373. The van der Waals surface area contributed by atoms with Gasteiger partial charge in [0.15, 0.2) is 6.10 Å². The lowest BCUT2D eigenvalue weighted by molar-refractivity contribution is -0.153. The van der Waals surface area contributed by atoms with E-state index in [9.17, 15) is 9.90 Å². The monoisotopic (exact) mass is 232 g/mol. The van der Waals surface area contributed by atoms with Crippen molar-refractivity contribution in [3.63, 3.8) is 0 Å². The summed E-state index contributed by atoms with van der Waals surface area (Å²) in [6, 6.07) is 1.62. The Kier molecular flexibility index (Phi) is 4.22. The van der Waals surface area contributed by atoms with Crippen molar-refractivity contribution in [2.24, 2.45) is 0 Å². The Morgan fingerprint density at radius 2 is 2.27 bits per heavy atom. The third-order valence-electron chi connectivity index (χ3n) is 1.85. The zero-order valence-electron chi connectivity index (χ0n) is 8.08. The van der Waals surface area contributed by atoms with Crippen LogP contribution in [0.5, 0.6) is 0 Å². The smallest absolute Gasteiger partial charge is 0.335 e. The number of carboxylic acids is 1. The second-order valence-electron chi connectivity index (χ2n) is 3.01. The van der Waals surface area contributed by atoms with E-state index < -0.39 is 18.2 Å².